The molecule has 0 saturated heterocycles. The van der Waals surface area contributed by atoms with E-state index in [2.05, 4.69) is 38.3 Å². The molecule has 0 radical (unpaired) electrons. The Morgan fingerprint density at radius 2 is 2.19 bits per heavy atom. The van der Waals surface area contributed by atoms with Gasteiger partial charge in [-0.1, -0.05) is 28.1 Å². The van der Waals surface area contributed by atoms with Gasteiger partial charge in [0.1, 0.15) is 5.69 Å². The lowest BCUT2D eigenvalue weighted by molar-refractivity contribution is 0.746. The fraction of sp³-hybridized carbons (Fsp3) is 0.500. The second kappa shape index (κ2) is 4.78. The molecule has 0 amide bonds. The number of aromatic nitrogens is 5. The van der Waals surface area contributed by atoms with E-state index in [-0.39, 0.29) is 0 Å². The van der Waals surface area contributed by atoms with Crippen molar-refractivity contribution < 1.29 is 0 Å². The predicted octanol–water partition coefficient (Wildman–Crippen LogP) is 1.50. The third-order valence-electron chi connectivity index (χ3n) is 2.36. The number of rotatable bonds is 4. The minimum Gasteiger partial charge on any atom is -0.273 e. The van der Waals surface area contributed by atoms with Gasteiger partial charge in [-0.3, -0.25) is 4.68 Å². The standard InChI is InChI=1S/C10H14BrN5/c1-3-9-10(7-15(2)13-9)16-6-8(4-5-11)12-14-16/h6-7H,3-5H2,1-2H3. The molecule has 0 atom stereocenters. The van der Waals surface area contributed by atoms with Gasteiger partial charge < -0.3 is 0 Å². The summed E-state index contributed by atoms with van der Waals surface area (Å²) in [5, 5.41) is 13.5. The Kier molecular flexibility index (Phi) is 3.38. The molecule has 0 fully saturated rings. The highest BCUT2D eigenvalue weighted by atomic mass is 79.9. The highest BCUT2D eigenvalue weighted by Crippen LogP contribution is 2.12. The second-order valence-corrected chi connectivity index (χ2v) is 4.37. The van der Waals surface area contributed by atoms with Crippen LogP contribution in [0.1, 0.15) is 18.3 Å². The SMILES string of the molecule is CCc1nn(C)cc1-n1cc(CCBr)nn1. The van der Waals surface area contributed by atoms with Gasteiger partial charge in [-0.15, -0.1) is 5.10 Å². The van der Waals surface area contributed by atoms with Crippen LogP contribution >= 0.6 is 15.9 Å². The first kappa shape index (κ1) is 11.3. The van der Waals surface area contributed by atoms with Crippen LogP contribution in [0.4, 0.5) is 0 Å². The smallest absolute Gasteiger partial charge is 0.107 e. The molecule has 2 aromatic rings. The van der Waals surface area contributed by atoms with Crippen LogP contribution in [0.25, 0.3) is 5.69 Å². The number of alkyl halides is 1. The summed E-state index contributed by atoms with van der Waals surface area (Å²) in [5.74, 6) is 0. The van der Waals surface area contributed by atoms with Crippen molar-refractivity contribution in [2.24, 2.45) is 7.05 Å². The Hall–Kier alpha value is -1.17. The number of aryl methyl sites for hydroxylation is 3. The van der Waals surface area contributed by atoms with Gasteiger partial charge in [0, 0.05) is 18.8 Å². The van der Waals surface area contributed by atoms with Crippen LogP contribution in [-0.2, 0) is 19.9 Å². The molecule has 6 heteroatoms. The average Bonchev–Trinajstić information content (AvgIpc) is 2.85. The molecule has 0 saturated carbocycles. The molecule has 86 valence electrons. The van der Waals surface area contributed by atoms with Crippen molar-refractivity contribution in [2.45, 2.75) is 19.8 Å². The zero-order valence-electron chi connectivity index (χ0n) is 9.39. The maximum Gasteiger partial charge on any atom is 0.107 e. The summed E-state index contributed by atoms with van der Waals surface area (Å²) >= 11 is 3.39. The number of hydrogen-bond donors (Lipinski definition) is 0. The summed E-state index contributed by atoms with van der Waals surface area (Å²) in [5.41, 5.74) is 3.04. The third kappa shape index (κ3) is 2.16. The lowest BCUT2D eigenvalue weighted by atomic mass is 10.3. The third-order valence-corrected chi connectivity index (χ3v) is 2.75. The first-order valence-corrected chi connectivity index (χ1v) is 6.36. The topological polar surface area (TPSA) is 48.5 Å². The Morgan fingerprint density at radius 3 is 2.88 bits per heavy atom. The van der Waals surface area contributed by atoms with Gasteiger partial charge in [0.2, 0.25) is 0 Å². The molecule has 5 nitrogen and oxygen atoms in total. The van der Waals surface area contributed by atoms with E-state index in [0.717, 1.165) is 35.2 Å². The van der Waals surface area contributed by atoms with Crippen molar-refractivity contribution in [3.8, 4) is 5.69 Å². The Bertz CT molecular complexity index is 473. The van der Waals surface area contributed by atoms with E-state index in [0.29, 0.717) is 0 Å². The summed E-state index contributed by atoms with van der Waals surface area (Å²) in [6, 6.07) is 0. The van der Waals surface area contributed by atoms with Crippen molar-refractivity contribution >= 4 is 15.9 Å². The molecule has 0 aliphatic carbocycles. The largest absolute Gasteiger partial charge is 0.273 e. The van der Waals surface area contributed by atoms with Crippen molar-refractivity contribution in [3.05, 3.63) is 23.8 Å². The van der Waals surface area contributed by atoms with Crippen molar-refractivity contribution in [2.75, 3.05) is 5.33 Å². The lowest BCUT2D eigenvalue weighted by Crippen LogP contribution is -1.97. The molecule has 2 aromatic heterocycles. The number of nitrogens with zero attached hydrogens (tertiary/aromatic N) is 5. The highest BCUT2D eigenvalue weighted by molar-refractivity contribution is 9.09. The molecule has 16 heavy (non-hydrogen) atoms. The Balaban J connectivity index is 2.34. The van der Waals surface area contributed by atoms with Crippen LogP contribution in [0.15, 0.2) is 12.4 Å². The normalized spacial score (nSPS) is 10.9. The molecule has 0 spiro atoms. The van der Waals surface area contributed by atoms with Gasteiger partial charge in [-0.25, -0.2) is 4.68 Å². The van der Waals surface area contributed by atoms with Gasteiger partial charge in [0.05, 0.1) is 23.8 Å². The van der Waals surface area contributed by atoms with Gasteiger partial charge in [-0.05, 0) is 6.42 Å². The summed E-state index contributed by atoms with van der Waals surface area (Å²) in [6.07, 6.45) is 5.70. The van der Waals surface area contributed by atoms with Crippen molar-refractivity contribution in [1.82, 2.24) is 24.8 Å². The zero-order chi connectivity index (χ0) is 11.5. The van der Waals surface area contributed by atoms with E-state index >= 15 is 0 Å². The Labute approximate surface area is 103 Å². The first-order valence-electron chi connectivity index (χ1n) is 5.24. The van der Waals surface area contributed by atoms with E-state index in [9.17, 15) is 0 Å². The zero-order valence-corrected chi connectivity index (χ0v) is 11.0. The monoisotopic (exact) mass is 283 g/mol. The minimum absolute atomic E-state index is 0.891. The maximum absolute atomic E-state index is 4.38. The number of halogens is 1. The molecule has 0 aromatic carbocycles. The summed E-state index contributed by atoms with van der Waals surface area (Å²) in [6.45, 7) is 2.09. The summed E-state index contributed by atoms with van der Waals surface area (Å²) in [7, 11) is 1.92. The number of hydrogen-bond acceptors (Lipinski definition) is 3. The van der Waals surface area contributed by atoms with Crippen molar-refractivity contribution in [3.63, 3.8) is 0 Å². The molecular formula is C10H14BrN5. The van der Waals surface area contributed by atoms with Crippen LogP contribution in [0.2, 0.25) is 0 Å². The van der Waals surface area contributed by atoms with E-state index in [1.807, 2.05) is 19.4 Å². The quantitative estimate of drug-likeness (QED) is 0.799. The van der Waals surface area contributed by atoms with Gasteiger partial charge in [0.15, 0.2) is 0 Å². The molecule has 0 N–H and O–H groups in total. The van der Waals surface area contributed by atoms with Crippen LogP contribution in [0.3, 0.4) is 0 Å². The van der Waals surface area contributed by atoms with E-state index < -0.39 is 0 Å². The second-order valence-electron chi connectivity index (χ2n) is 3.58. The minimum atomic E-state index is 0.891. The average molecular weight is 284 g/mol. The molecule has 0 unspecified atom stereocenters. The van der Waals surface area contributed by atoms with Crippen LogP contribution in [0.5, 0.6) is 0 Å². The molecule has 2 heterocycles. The van der Waals surface area contributed by atoms with E-state index in [4.69, 9.17) is 0 Å². The van der Waals surface area contributed by atoms with Crippen LogP contribution < -0.4 is 0 Å². The summed E-state index contributed by atoms with van der Waals surface area (Å²) < 4.78 is 3.60. The maximum atomic E-state index is 4.38. The van der Waals surface area contributed by atoms with Crippen LogP contribution in [0, 0.1) is 0 Å². The van der Waals surface area contributed by atoms with E-state index in [1.54, 1.807) is 9.36 Å². The molecule has 2 rings (SSSR count). The molecule has 0 aliphatic rings. The first-order chi connectivity index (χ1) is 7.74. The van der Waals surface area contributed by atoms with Crippen molar-refractivity contribution in [1.29, 1.82) is 0 Å². The molecule has 0 aliphatic heterocycles. The molecular weight excluding hydrogens is 270 g/mol. The lowest BCUT2D eigenvalue weighted by Gasteiger charge is -1.96. The van der Waals surface area contributed by atoms with Gasteiger partial charge in [-0.2, -0.15) is 5.10 Å². The fourth-order valence-corrected chi connectivity index (χ4v) is 2.00. The van der Waals surface area contributed by atoms with Gasteiger partial charge >= 0.3 is 0 Å². The van der Waals surface area contributed by atoms with E-state index in [1.165, 1.54) is 0 Å². The summed E-state index contributed by atoms with van der Waals surface area (Å²) in [4.78, 5) is 0. The van der Waals surface area contributed by atoms with Crippen LogP contribution in [-0.4, -0.2) is 30.1 Å². The Morgan fingerprint density at radius 1 is 1.38 bits per heavy atom. The molecule has 0 bridgehead atoms. The van der Waals surface area contributed by atoms with Gasteiger partial charge in [0.25, 0.3) is 0 Å². The fourth-order valence-electron chi connectivity index (χ4n) is 1.59. The predicted molar refractivity (Wildman–Crippen MR) is 65.0 cm³/mol. The highest BCUT2D eigenvalue weighted by Gasteiger charge is 2.10.